The van der Waals surface area contributed by atoms with Crippen LogP contribution >= 0.6 is 0 Å². The molecule has 0 saturated heterocycles. The van der Waals surface area contributed by atoms with Crippen molar-refractivity contribution in [3.63, 3.8) is 0 Å². The van der Waals surface area contributed by atoms with E-state index in [1.807, 2.05) is 0 Å². The molecule has 1 unspecified atom stereocenters. The van der Waals surface area contributed by atoms with E-state index in [0.29, 0.717) is 17.4 Å². The summed E-state index contributed by atoms with van der Waals surface area (Å²) in [6.07, 6.45) is -4.70. The fraction of sp³-hybridized carbons (Fsp3) is 0.231. The third-order valence-corrected chi connectivity index (χ3v) is 2.75. The Labute approximate surface area is 118 Å². The lowest BCUT2D eigenvalue weighted by Crippen LogP contribution is -2.14. The topological polar surface area (TPSA) is 87.0 Å². The molecule has 0 bridgehead atoms. The summed E-state index contributed by atoms with van der Waals surface area (Å²) in [6.45, 7) is 1.59. The van der Waals surface area contributed by atoms with Crippen molar-refractivity contribution >= 4 is 11.6 Å². The van der Waals surface area contributed by atoms with Crippen molar-refractivity contribution < 1.29 is 17.9 Å². The van der Waals surface area contributed by atoms with Crippen LogP contribution in [0.2, 0.25) is 0 Å². The molecule has 0 aliphatic carbocycles. The zero-order valence-corrected chi connectivity index (χ0v) is 11.1. The van der Waals surface area contributed by atoms with Crippen molar-refractivity contribution in [1.29, 1.82) is 0 Å². The van der Waals surface area contributed by atoms with E-state index < -0.39 is 23.7 Å². The van der Waals surface area contributed by atoms with E-state index in [4.69, 9.17) is 16.2 Å². The van der Waals surface area contributed by atoms with Gasteiger partial charge in [-0.1, -0.05) is 12.1 Å². The molecule has 1 aromatic heterocycles. The molecule has 112 valence electrons. The van der Waals surface area contributed by atoms with Crippen molar-refractivity contribution in [2.75, 3.05) is 11.5 Å². The number of benzene rings is 1. The Kier molecular flexibility index (Phi) is 3.88. The van der Waals surface area contributed by atoms with Crippen molar-refractivity contribution in [3.05, 3.63) is 41.6 Å². The van der Waals surface area contributed by atoms with E-state index in [1.54, 1.807) is 31.2 Å². The van der Waals surface area contributed by atoms with Crippen LogP contribution in [0, 0.1) is 0 Å². The zero-order chi connectivity index (χ0) is 15.6. The highest BCUT2D eigenvalue weighted by Gasteiger charge is 2.36. The first-order valence-corrected chi connectivity index (χ1v) is 5.99. The summed E-state index contributed by atoms with van der Waals surface area (Å²) in [5, 5.41) is 0. The SMILES string of the molecule is CC(Oc1nc(N)ncc1C(F)(F)F)c1cccc(N)c1. The lowest BCUT2D eigenvalue weighted by molar-refractivity contribution is -0.139. The number of halogens is 3. The summed E-state index contributed by atoms with van der Waals surface area (Å²) >= 11 is 0. The highest BCUT2D eigenvalue weighted by atomic mass is 19.4. The van der Waals surface area contributed by atoms with E-state index in [0.717, 1.165) is 0 Å². The number of ether oxygens (including phenoxy) is 1. The highest BCUT2D eigenvalue weighted by molar-refractivity contribution is 5.41. The molecular formula is C13H13F3N4O. The lowest BCUT2D eigenvalue weighted by Gasteiger charge is -2.18. The number of nitrogen functional groups attached to an aromatic ring is 2. The largest absolute Gasteiger partial charge is 0.469 e. The molecule has 0 aliphatic heterocycles. The van der Waals surface area contributed by atoms with Gasteiger partial charge in [0.2, 0.25) is 11.8 Å². The molecule has 0 aliphatic rings. The summed E-state index contributed by atoms with van der Waals surface area (Å²) in [5.74, 6) is -0.900. The first kappa shape index (κ1) is 14.9. The number of rotatable bonds is 3. The second-order valence-electron chi connectivity index (χ2n) is 4.37. The first-order valence-electron chi connectivity index (χ1n) is 5.99. The quantitative estimate of drug-likeness (QED) is 0.851. The van der Waals surface area contributed by atoms with Crippen molar-refractivity contribution in [3.8, 4) is 5.88 Å². The van der Waals surface area contributed by atoms with E-state index in [1.165, 1.54) is 0 Å². The Balaban J connectivity index is 2.32. The molecule has 0 radical (unpaired) electrons. The maximum absolute atomic E-state index is 12.9. The predicted molar refractivity (Wildman–Crippen MR) is 71.3 cm³/mol. The van der Waals surface area contributed by atoms with Gasteiger partial charge in [0.1, 0.15) is 11.7 Å². The van der Waals surface area contributed by atoms with Crippen LogP contribution in [0.15, 0.2) is 30.5 Å². The molecule has 4 N–H and O–H groups in total. The Morgan fingerprint density at radius 3 is 2.57 bits per heavy atom. The molecule has 5 nitrogen and oxygen atoms in total. The maximum atomic E-state index is 12.9. The van der Waals surface area contributed by atoms with E-state index >= 15 is 0 Å². The minimum absolute atomic E-state index is 0.294. The number of aromatic nitrogens is 2. The molecule has 0 saturated carbocycles. The summed E-state index contributed by atoms with van der Waals surface area (Å²) in [6, 6.07) is 6.66. The Bertz CT molecular complexity index is 646. The average Bonchev–Trinajstić information content (AvgIpc) is 2.37. The third kappa shape index (κ3) is 3.53. The van der Waals surface area contributed by atoms with Crippen LogP contribution in [-0.4, -0.2) is 9.97 Å². The van der Waals surface area contributed by atoms with Gasteiger partial charge in [0.15, 0.2) is 0 Å². The van der Waals surface area contributed by atoms with Crippen molar-refractivity contribution in [2.24, 2.45) is 0 Å². The van der Waals surface area contributed by atoms with Gasteiger partial charge in [-0.15, -0.1) is 0 Å². The van der Waals surface area contributed by atoms with Crippen LogP contribution in [0.5, 0.6) is 5.88 Å². The summed E-state index contributed by atoms with van der Waals surface area (Å²) in [4.78, 5) is 6.87. The Morgan fingerprint density at radius 2 is 1.95 bits per heavy atom. The molecule has 0 spiro atoms. The number of nitrogens with two attached hydrogens (primary N) is 2. The van der Waals surface area contributed by atoms with Gasteiger partial charge in [0.25, 0.3) is 0 Å². The molecule has 0 fully saturated rings. The smallest absolute Gasteiger partial charge is 0.423 e. The molecular weight excluding hydrogens is 285 g/mol. The fourth-order valence-corrected chi connectivity index (χ4v) is 1.71. The molecule has 2 rings (SSSR count). The average molecular weight is 298 g/mol. The van der Waals surface area contributed by atoms with Crippen LogP contribution in [0.4, 0.5) is 24.8 Å². The zero-order valence-electron chi connectivity index (χ0n) is 11.1. The van der Waals surface area contributed by atoms with E-state index in [-0.39, 0.29) is 5.95 Å². The molecule has 1 aromatic carbocycles. The second-order valence-corrected chi connectivity index (χ2v) is 4.37. The van der Waals surface area contributed by atoms with Crippen molar-refractivity contribution in [1.82, 2.24) is 9.97 Å². The molecule has 21 heavy (non-hydrogen) atoms. The summed E-state index contributed by atoms with van der Waals surface area (Å²) in [5.41, 5.74) is 11.0. The van der Waals surface area contributed by atoms with E-state index in [9.17, 15) is 13.2 Å². The van der Waals surface area contributed by atoms with Crippen LogP contribution in [0.1, 0.15) is 24.2 Å². The van der Waals surface area contributed by atoms with Gasteiger partial charge >= 0.3 is 6.18 Å². The lowest BCUT2D eigenvalue weighted by atomic mass is 10.1. The van der Waals surface area contributed by atoms with Gasteiger partial charge in [0, 0.05) is 11.9 Å². The Hall–Kier alpha value is -2.51. The van der Waals surface area contributed by atoms with Crippen LogP contribution in [0.25, 0.3) is 0 Å². The number of hydrogen-bond donors (Lipinski definition) is 2. The first-order chi connectivity index (χ1) is 9.77. The summed E-state index contributed by atoms with van der Waals surface area (Å²) < 4.78 is 43.9. The number of alkyl halides is 3. The Morgan fingerprint density at radius 1 is 1.24 bits per heavy atom. The van der Waals surface area contributed by atoms with Gasteiger partial charge in [-0.05, 0) is 24.6 Å². The van der Waals surface area contributed by atoms with Gasteiger partial charge in [-0.25, -0.2) is 4.98 Å². The van der Waals surface area contributed by atoms with Crippen LogP contribution < -0.4 is 16.2 Å². The minimum atomic E-state index is -4.63. The number of hydrogen-bond acceptors (Lipinski definition) is 5. The van der Waals surface area contributed by atoms with Gasteiger partial charge in [-0.3, -0.25) is 0 Å². The van der Waals surface area contributed by atoms with E-state index in [2.05, 4.69) is 9.97 Å². The standard InChI is InChI=1S/C13H13F3N4O/c1-7(8-3-2-4-9(17)5-8)21-11-10(13(14,15)16)6-19-12(18)20-11/h2-7H,17H2,1H3,(H2,18,19,20). The molecule has 1 heterocycles. The van der Waals surface area contributed by atoms with Gasteiger partial charge in [0.05, 0.1) is 0 Å². The predicted octanol–water partition coefficient (Wildman–Crippen LogP) is 2.80. The fourth-order valence-electron chi connectivity index (χ4n) is 1.71. The number of nitrogens with zero attached hydrogens (tertiary/aromatic N) is 2. The number of anilines is 2. The van der Waals surface area contributed by atoms with Crippen LogP contribution in [0.3, 0.4) is 0 Å². The molecule has 2 aromatic rings. The van der Waals surface area contributed by atoms with Gasteiger partial charge < -0.3 is 16.2 Å². The molecule has 8 heteroatoms. The summed E-state index contributed by atoms with van der Waals surface area (Å²) in [7, 11) is 0. The minimum Gasteiger partial charge on any atom is -0.469 e. The molecule has 0 amide bonds. The van der Waals surface area contributed by atoms with Gasteiger partial charge in [-0.2, -0.15) is 18.2 Å². The monoisotopic (exact) mass is 298 g/mol. The van der Waals surface area contributed by atoms with Crippen molar-refractivity contribution in [2.45, 2.75) is 19.2 Å². The third-order valence-electron chi connectivity index (χ3n) is 2.75. The normalized spacial score (nSPS) is 13.0. The second kappa shape index (κ2) is 5.47. The molecule has 1 atom stereocenters. The highest BCUT2D eigenvalue weighted by Crippen LogP contribution is 2.36. The maximum Gasteiger partial charge on any atom is 0.423 e. The van der Waals surface area contributed by atoms with Crippen LogP contribution in [-0.2, 0) is 6.18 Å².